The van der Waals surface area contributed by atoms with Crippen LogP contribution in [-0.4, -0.2) is 37.1 Å². The van der Waals surface area contributed by atoms with Gasteiger partial charge in [-0.3, -0.25) is 0 Å². The van der Waals surface area contributed by atoms with Gasteiger partial charge in [-0.05, 0) is 30.5 Å². The van der Waals surface area contributed by atoms with Crippen LogP contribution in [0.1, 0.15) is 24.3 Å². The Hall–Kier alpha value is -1.98. The fraction of sp³-hybridized carbons (Fsp3) is 0.333. The van der Waals surface area contributed by atoms with Gasteiger partial charge in [0.15, 0.2) is 0 Å². The van der Waals surface area contributed by atoms with E-state index in [2.05, 4.69) is 0 Å². The molecule has 0 aromatic heterocycles. The summed E-state index contributed by atoms with van der Waals surface area (Å²) in [5, 5.41) is 0.741. The van der Waals surface area contributed by atoms with Crippen LogP contribution in [0.15, 0.2) is 41.7 Å². The van der Waals surface area contributed by atoms with E-state index in [0.717, 1.165) is 12.8 Å². The number of hydrogen-bond acceptors (Lipinski definition) is 5. The number of carbonyl (C=O) groups excluding carboxylic acids is 2. The van der Waals surface area contributed by atoms with Gasteiger partial charge in [0.1, 0.15) is 0 Å². The van der Waals surface area contributed by atoms with Crippen molar-refractivity contribution < 1.29 is 19.1 Å². The Morgan fingerprint density at radius 1 is 1.00 bits per heavy atom. The van der Waals surface area contributed by atoms with E-state index < -0.39 is 17.9 Å². The van der Waals surface area contributed by atoms with Gasteiger partial charge in [0.2, 0.25) is 0 Å². The summed E-state index contributed by atoms with van der Waals surface area (Å²) in [6, 6.07) is 5.30. The van der Waals surface area contributed by atoms with E-state index in [9.17, 15) is 9.59 Å². The molecule has 1 aromatic rings. The lowest BCUT2D eigenvalue weighted by Crippen LogP contribution is -2.29. The maximum atomic E-state index is 12.4. The van der Waals surface area contributed by atoms with Crippen molar-refractivity contribution in [2.75, 3.05) is 14.2 Å². The molecule has 25 heavy (non-hydrogen) atoms. The standard InChI is InChI=1S/C18H17Cl2NO4/c1-24-17(22)12-8-21(11-4-5-11)9-13(18(23)25-2)16(12)10-3-6-14(19)15(20)7-10/h3,6-9,11,16H,4-5H2,1-2H3. The first kappa shape index (κ1) is 17.8. The zero-order valence-electron chi connectivity index (χ0n) is 13.8. The number of esters is 2. The lowest BCUT2D eigenvalue weighted by Gasteiger charge is -2.30. The molecule has 132 valence electrons. The monoisotopic (exact) mass is 381 g/mol. The van der Waals surface area contributed by atoms with Crippen LogP contribution in [0, 0.1) is 0 Å². The molecule has 3 rings (SSSR count). The molecule has 1 saturated carbocycles. The zero-order chi connectivity index (χ0) is 18.1. The molecule has 7 heteroatoms. The summed E-state index contributed by atoms with van der Waals surface area (Å²) >= 11 is 12.1. The molecule has 1 aliphatic carbocycles. The lowest BCUT2D eigenvalue weighted by atomic mass is 9.83. The predicted octanol–water partition coefficient (Wildman–Crippen LogP) is 3.67. The minimum atomic E-state index is -0.635. The van der Waals surface area contributed by atoms with Crippen LogP contribution in [0.25, 0.3) is 0 Å². The van der Waals surface area contributed by atoms with Gasteiger partial charge < -0.3 is 14.4 Å². The summed E-state index contributed by atoms with van der Waals surface area (Å²) in [5.41, 5.74) is 1.38. The molecule has 0 saturated heterocycles. The largest absolute Gasteiger partial charge is 0.466 e. The van der Waals surface area contributed by atoms with E-state index in [1.807, 2.05) is 4.90 Å². The SMILES string of the molecule is COC(=O)C1=CN(C2CC2)C=C(C(=O)OC)C1c1ccc(Cl)c(Cl)c1. The average molecular weight is 382 g/mol. The maximum absolute atomic E-state index is 12.4. The van der Waals surface area contributed by atoms with Gasteiger partial charge in [-0.25, -0.2) is 9.59 Å². The molecule has 0 atom stereocenters. The molecular formula is C18H17Cl2NO4. The highest BCUT2D eigenvalue weighted by atomic mass is 35.5. The first-order chi connectivity index (χ1) is 12.0. The Bertz CT molecular complexity index is 749. The zero-order valence-corrected chi connectivity index (χ0v) is 15.3. The number of ether oxygens (including phenoxy) is 2. The van der Waals surface area contributed by atoms with Crippen molar-refractivity contribution in [3.8, 4) is 0 Å². The summed E-state index contributed by atoms with van der Waals surface area (Å²) < 4.78 is 9.87. The second-order valence-corrected chi connectivity index (χ2v) is 6.75. The van der Waals surface area contributed by atoms with Crippen molar-refractivity contribution >= 4 is 35.1 Å². The molecule has 2 aliphatic rings. The first-order valence-corrected chi connectivity index (χ1v) is 8.54. The normalized spacial score (nSPS) is 17.7. The Morgan fingerprint density at radius 3 is 2.00 bits per heavy atom. The number of nitrogens with zero attached hydrogens (tertiary/aromatic N) is 1. The van der Waals surface area contributed by atoms with E-state index in [0.29, 0.717) is 26.8 Å². The van der Waals surface area contributed by atoms with Gasteiger partial charge in [-0.2, -0.15) is 0 Å². The van der Waals surface area contributed by atoms with Gasteiger partial charge in [-0.15, -0.1) is 0 Å². The second-order valence-electron chi connectivity index (χ2n) is 5.94. The van der Waals surface area contributed by atoms with Crippen LogP contribution in [0.2, 0.25) is 10.0 Å². The first-order valence-electron chi connectivity index (χ1n) is 7.78. The predicted molar refractivity (Wildman–Crippen MR) is 94.3 cm³/mol. The van der Waals surface area contributed by atoms with E-state index in [4.69, 9.17) is 32.7 Å². The third-order valence-corrected chi connectivity index (χ3v) is 5.03. The molecule has 0 spiro atoms. The highest BCUT2D eigenvalue weighted by Crippen LogP contribution is 2.41. The van der Waals surface area contributed by atoms with Crippen LogP contribution >= 0.6 is 23.2 Å². The Morgan fingerprint density at radius 2 is 1.56 bits per heavy atom. The van der Waals surface area contributed by atoms with Crippen molar-refractivity contribution in [1.82, 2.24) is 4.90 Å². The minimum absolute atomic E-state index is 0.286. The number of methoxy groups -OCH3 is 2. The molecule has 1 fully saturated rings. The smallest absolute Gasteiger partial charge is 0.336 e. The van der Waals surface area contributed by atoms with Crippen molar-refractivity contribution in [2.24, 2.45) is 0 Å². The highest BCUT2D eigenvalue weighted by Gasteiger charge is 2.38. The molecule has 0 N–H and O–H groups in total. The van der Waals surface area contributed by atoms with Crippen LogP contribution in [0.3, 0.4) is 0 Å². The molecule has 1 aromatic carbocycles. The minimum Gasteiger partial charge on any atom is -0.466 e. The van der Waals surface area contributed by atoms with Gasteiger partial charge in [-0.1, -0.05) is 29.3 Å². The van der Waals surface area contributed by atoms with Gasteiger partial charge in [0.05, 0.1) is 41.3 Å². The van der Waals surface area contributed by atoms with E-state index in [1.54, 1.807) is 30.6 Å². The summed E-state index contributed by atoms with van der Waals surface area (Å²) in [4.78, 5) is 26.7. The number of hydrogen-bond donors (Lipinski definition) is 0. The third kappa shape index (κ3) is 3.53. The lowest BCUT2D eigenvalue weighted by molar-refractivity contribution is -0.137. The number of carbonyl (C=O) groups is 2. The molecule has 1 aliphatic heterocycles. The third-order valence-electron chi connectivity index (χ3n) is 4.29. The molecule has 0 radical (unpaired) electrons. The van der Waals surface area contributed by atoms with E-state index in [1.165, 1.54) is 14.2 Å². The Balaban J connectivity index is 2.12. The number of halogens is 2. The number of rotatable bonds is 4. The summed E-state index contributed by atoms with van der Waals surface area (Å²) in [7, 11) is 2.62. The summed E-state index contributed by atoms with van der Waals surface area (Å²) in [5.74, 6) is -1.64. The van der Waals surface area contributed by atoms with Crippen LogP contribution in [-0.2, 0) is 19.1 Å². The summed E-state index contributed by atoms with van der Waals surface area (Å²) in [6.07, 6.45) is 5.49. The Kier molecular flexibility index (Phi) is 5.06. The topological polar surface area (TPSA) is 55.8 Å². The van der Waals surface area contributed by atoms with Gasteiger partial charge >= 0.3 is 11.9 Å². The van der Waals surface area contributed by atoms with E-state index >= 15 is 0 Å². The maximum Gasteiger partial charge on any atom is 0.336 e. The second kappa shape index (κ2) is 7.10. The highest BCUT2D eigenvalue weighted by molar-refractivity contribution is 6.42. The van der Waals surface area contributed by atoms with E-state index in [-0.39, 0.29) is 6.04 Å². The quantitative estimate of drug-likeness (QED) is 0.744. The molecule has 0 unspecified atom stereocenters. The van der Waals surface area contributed by atoms with Gasteiger partial charge in [0.25, 0.3) is 0 Å². The van der Waals surface area contributed by atoms with Crippen LogP contribution < -0.4 is 0 Å². The fourth-order valence-electron chi connectivity index (χ4n) is 2.89. The molecular weight excluding hydrogens is 365 g/mol. The Labute approximate surface area is 155 Å². The fourth-order valence-corrected chi connectivity index (χ4v) is 3.19. The van der Waals surface area contributed by atoms with Crippen LogP contribution in [0.5, 0.6) is 0 Å². The van der Waals surface area contributed by atoms with Crippen molar-refractivity contribution in [3.63, 3.8) is 0 Å². The molecule has 0 amide bonds. The molecule has 5 nitrogen and oxygen atoms in total. The molecule has 0 bridgehead atoms. The van der Waals surface area contributed by atoms with Crippen LogP contribution in [0.4, 0.5) is 0 Å². The van der Waals surface area contributed by atoms with Crippen molar-refractivity contribution in [3.05, 3.63) is 57.4 Å². The molecule has 1 heterocycles. The average Bonchev–Trinajstić information content (AvgIpc) is 3.46. The van der Waals surface area contributed by atoms with Gasteiger partial charge in [0, 0.05) is 18.4 Å². The summed E-state index contributed by atoms with van der Waals surface area (Å²) in [6.45, 7) is 0. The van der Waals surface area contributed by atoms with Crippen molar-refractivity contribution in [1.29, 1.82) is 0 Å². The van der Waals surface area contributed by atoms with Crippen molar-refractivity contribution in [2.45, 2.75) is 24.8 Å². The number of benzene rings is 1.